The van der Waals surface area contributed by atoms with Gasteiger partial charge >= 0.3 is 5.97 Å². The van der Waals surface area contributed by atoms with Gasteiger partial charge in [-0.15, -0.1) is 0 Å². The molecule has 14 heavy (non-hydrogen) atoms. The number of carbonyl (C=O) groups is 2. The molecular formula is C9H8FNO3. The van der Waals surface area contributed by atoms with Crippen LogP contribution >= 0.6 is 0 Å². The summed E-state index contributed by atoms with van der Waals surface area (Å²) < 4.78 is 13.1. The highest BCUT2D eigenvalue weighted by Crippen LogP contribution is 2.16. The monoisotopic (exact) mass is 197 g/mol. The zero-order valence-corrected chi connectivity index (χ0v) is 7.18. The normalized spacial score (nSPS) is 9.50. The Morgan fingerprint density at radius 3 is 2.64 bits per heavy atom. The molecule has 0 unspecified atom stereocenters. The minimum absolute atomic E-state index is 0.0371. The number of rotatable bonds is 4. The molecule has 0 aliphatic carbocycles. The highest BCUT2D eigenvalue weighted by Gasteiger charge is 2.12. The molecule has 0 atom stereocenters. The number of para-hydroxylation sites is 1. The topological polar surface area (TPSA) is 57.6 Å². The summed E-state index contributed by atoms with van der Waals surface area (Å²) >= 11 is 0. The van der Waals surface area contributed by atoms with Gasteiger partial charge in [0, 0.05) is 0 Å². The summed E-state index contributed by atoms with van der Waals surface area (Å²) in [6.07, 6.45) is 0.284. The van der Waals surface area contributed by atoms with Crippen molar-refractivity contribution < 1.29 is 19.1 Å². The number of hydrogen-bond donors (Lipinski definition) is 1. The molecule has 0 aliphatic heterocycles. The SMILES string of the molecule is O=CN(CC(=O)O)c1ccccc1F. The fourth-order valence-electron chi connectivity index (χ4n) is 1.01. The maximum atomic E-state index is 13.1. The highest BCUT2D eigenvalue weighted by molar-refractivity contribution is 5.84. The van der Waals surface area contributed by atoms with E-state index in [1.165, 1.54) is 18.2 Å². The van der Waals surface area contributed by atoms with Crippen LogP contribution < -0.4 is 4.90 Å². The number of hydrogen-bond acceptors (Lipinski definition) is 2. The molecule has 4 nitrogen and oxygen atoms in total. The van der Waals surface area contributed by atoms with E-state index in [1.807, 2.05) is 0 Å². The Balaban J connectivity index is 2.94. The van der Waals surface area contributed by atoms with E-state index >= 15 is 0 Å². The Bertz CT molecular complexity index is 354. The zero-order chi connectivity index (χ0) is 10.6. The largest absolute Gasteiger partial charge is 0.480 e. The van der Waals surface area contributed by atoms with Gasteiger partial charge in [-0.1, -0.05) is 12.1 Å². The van der Waals surface area contributed by atoms with Gasteiger partial charge in [-0.05, 0) is 12.1 Å². The average molecular weight is 197 g/mol. The molecule has 0 aromatic heterocycles. The molecule has 1 N–H and O–H groups in total. The van der Waals surface area contributed by atoms with Crippen LogP contribution in [-0.4, -0.2) is 24.0 Å². The lowest BCUT2D eigenvalue weighted by Gasteiger charge is -2.14. The molecule has 1 rings (SSSR count). The van der Waals surface area contributed by atoms with Crippen molar-refractivity contribution in [2.75, 3.05) is 11.4 Å². The van der Waals surface area contributed by atoms with E-state index in [4.69, 9.17) is 5.11 Å². The van der Waals surface area contributed by atoms with Crippen LogP contribution in [0.25, 0.3) is 0 Å². The van der Waals surface area contributed by atoms with Gasteiger partial charge in [0.1, 0.15) is 12.4 Å². The van der Waals surface area contributed by atoms with E-state index in [0.717, 1.165) is 11.0 Å². The van der Waals surface area contributed by atoms with Gasteiger partial charge in [-0.25, -0.2) is 4.39 Å². The molecule has 0 saturated carbocycles. The van der Waals surface area contributed by atoms with E-state index < -0.39 is 18.3 Å². The second kappa shape index (κ2) is 4.36. The van der Waals surface area contributed by atoms with Gasteiger partial charge in [0.25, 0.3) is 0 Å². The lowest BCUT2D eigenvalue weighted by Crippen LogP contribution is -2.28. The predicted molar refractivity (Wildman–Crippen MR) is 47.4 cm³/mol. The molecular weight excluding hydrogens is 189 g/mol. The van der Waals surface area contributed by atoms with Crippen molar-refractivity contribution in [1.82, 2.24) is 0 Å². The summed E-state index contributed by atoms with van der Waals surface area (Å²) in [6.45, 7) is -0.551. The Hall–Kier alpha value is -1.91. The summed E-state index contributed by atoms with van der Waals surface area (Å²) in [7, 11) is 0. The second-order valence-electron chi connectivity index (χ2n) is 2.58. The van der Waals surface area contributed by atoms with Crippen molar-refractivity contribution in [3.8, 4) is 0 Å². The third-order valence-corrected chi connectivity index (χ3v) is 1.59. The standard InChI is InChI=1S/C9H8FNO3/c10-7-3-1-2-4-8(7)11(6-12)5-9(13)14/h1-4,6H,5H2,(H,13,14). The first-order valence-electron chi connectivity index (χ1n) is 3.83. The maximum absolute atomic E-state index is 13.1. The van der Waals surface area contributed by atoms with Crippen molar-refractivity contribution in [1.29, 1.82) is 0 Å². The van der Waals surface area contributed by atoms with Crippen LogP contribution in [0.1, 0.15) is 0 Å². The van der Waals surface area contributed by atoms with Crippen LogP contribution in [0.5, 0.6) is 0 Å². The average Bonchev–Trinajstić information content (AvgIpc) is 2.15. The van der Waals surface area contributed by atoms with Crippen LogP contribution in [0, 0.1) is 5.82 Å². The first-order chi connectivity index (χ1) is 6.65. The summed E-state index contributed by atoms with van der Waals surface area (Å²) in [4.78, 5) is 21.6. The smallest absolute Gasteiger partial charge is 0.323 e. The predicted octanol–water partition coefficient (Wildman–Crippen LogP) is 0.873. The molecule has 0 saturated heterocycles. The number of carboxylic acid groups (broad SMARTS) is 1. The lowest BCUT2D eigenvalue weighted by molar-refractivity contribution is -0.136. The van der Waals surface area contributed by atoms with Crippen molar-refractivity contribution in [2.24, 2.45) is 0 Å². The minimum atomic E-state index is -1.19. The van der Waals surface area contributed by atoms with Gasteiger partial charge in [-0.2, -0.15) is 0 Å². The lowest BCUT2D eigenvalue weighted by atomic mass is 10.3. The first-order valence-corrected chi connectivity index (χ1v) is 3.83. The minimum Gasteiger partial charge on any atom is -0.480 e. The number of carbonyl (C=O) groups excluding carboxylic acids is 1. The van der Waals surface area contributed by atoms with Gasteiger partial charge in [0.05, 0.1) is 5.69 Å². The molecule has 1 aromatic carbocycles. The second-order valence-corrected chi connectivity index (χ2v) is 2.58. The molecule has 1 amide bonds. The number of anilines is 1. The molecule has 0 fully saturated rings. The number of carboxylic acids is 1. The molecule has 1 aromatic rings. The van der Waals surface area contributed by atoms with E-state index in [0.29, 0.717) is 0 Å². The van der Waals surface area contributed by atoms with E-state index in [-0.39, 0.29) is 12.1 Å². The van der Waals surface area contributed by atoms with Crippen molar-refractivity contribution in [3.05, 3.63) is 30.1 Å². The molecule has 0 aliphatic rings. The van der Waals surface area contributed by atoms with Crippen LogP contribution in [0.4, 0.5) is 10.1 Å². The number of nitrogens with zero attached hydrogens (tertiary/aromatic N) is 1. The quantitative estimate of drug-likeness (QED) is 0.728. The number of aliphatic carboxylic acids is 1. The van der Waals surface area contributed by atoms with Crippen LogP contribution in [-0.2, 0) is 9.59 Å². The maximum Gasteiger partial charge on any atom is 0.323 e. The fourth-order valence-corrected chi connectivity index (χ4v) is 1.01. The third kappa shape index (κ3) is 2.29. The summed E-state index contributed by atoms with van der Waals surface area (Å²) in [6, 6.07) is 5.49. The van der Waals surface area contributed by atoms with Crippen molar-refractivity contribution in [2.45, 2.75) is 0 Å². The van der Waals surface area contributed by atoms with Gasteiger partial charge in [-0.3, -0.25) is 9.59 Å². The molecule has 74 valence electrons. The third-order valence-electron chi connectivity index (χ3n) is 1.59. The Morgan fingerprint density at radius 2 is 2.14 bits per heavy atom. The Kier molecular flexibility index (Phi) is 3.17. The molecule has 0 radical (unpaired) electrons. The van der Waals surface area contributed by atoms with Crippen LogP contribution in [0.3, 0.4) is 0 Å². The number of benzene rings is 1. The molecule has 0 heterocycles. The summed E-state index contributed by atoms with van der Waals surface area (Å²) in [5.74, 6) is -1.82. The van der Waals surface area contributed by atoms with Crippen LogP contribution in [0.2, 0.25) is 0 Å². The Labute approximate surface area is 79.6 Å². The van der Waals surface area contributed by atoms with E-state index in [2.05, 4.69) is 0 Å². The molecule has 0 bridgehead atoms. The fraction of sp³-hybridized carbons (Fsp3) is 0.111. The summed E-state index contributed by atoms with van der Waals surface area (Å²) in [5, 5.41) is 8.44. The van der Waals surface area contributed by atoms with E-state index in [9.17, 15) is 14.0 Å². The number of amides is 1. The van der Waals surface area contributed by atoms with E-state index in [1.54, 1.807) is 0 Å². The van der Waals surface area contributed by atoms with Crippen LogP contribution in [0.15, 0.2) is 24.3 Å². The van der Waals surface area contributed by atoms with Crippen molar-refractivity contribution in [3.63, 3.8) is 0 Å². The molecule has 0 spiro atoms. The number of halogens is 1. The Morgan fingerprint density at radius 1 is 1.50 bits per heavy atom. The first kappa shape index (κ1) is 10.2. The van der Waals surface area contributed by atoms with Gasteiger partial charge in [0.15, 0.2) is 0 Å². The van der Waals surface area contributed by atoms with Crippen molar-refractivity contribution >= 4 is 18.1 Å². The molecule has 5 heteroatoms. The zero-order valence-electron chi connectivity index (χ0n) is 7.18. The summed E-state index contributed by atoms with van der Waals surface area (Å²) in [5.41, 5.74) is -0.0371. The van der Waals surface area contributed by atoms with Gasteiger partial charge < -0.3 is 10.0 Å². The van der Waals surface area contributed by atoms with Gasteiger partial charge in [0.2, 0.25) is 6.41 Å². The highest BCUT2D eigenvalue weighted by atomic mass is 19.1.